The summed E-state index contributed by atoms with van der Waals surface area (Å²) in [6.45, 7) is 4.39. The molecular formula is C10H21NO2S. The van der Waals surface area contributed by atoms with Crippen LogP contribution >= 0.6 is 11.8 Å². The molecule has 0 aromatic carbocycles. The number of nitrogens with two attached hydrogens (primary N) is 1. The summed E-state index contributed by atoms with van der Waals surface area (Å²) in [5.41, 5.74) is 5.76. The van der Waals surface area contributed by atoms with Gasteiger partial charge in [-0.1, -0.05) is 6.92 Å². The molecule has 0 heterocycles. The number of carbonyl (C=O) groups excluding carboxylic acids is 1. The highest BCUT2D eigenvalue weighted by molar-refractivity contribution is 7.99. The first kappa shape index (κ1) is 13.8. The summed E-state index contributed by atoms with van der Waals surface area (Å²) < 4.78 is 4.81. The summed E-state index contributed by atoms with van der Waals surface area (Å²) in [6, 6.07) is 0.318. The molecule has 0 radical (unpaired) electrons. The molecule has 0 bridgehead atoms. The van der Waals surface area contributed by atoms with Crippen molar-refractivity contribution in [1.29, 1.82) is 0 Å². The monoisotopic (exact) mass is 219 g/mol. The molecule has 0 saturated carbocycles. The van der Waals surface area contributed by atoms with E-state index in [4.69, 9.17) is 10.5 Å². The summed E-state index contributed by atoms with van der Waals surface area (Å²) in [5, 5.41) is 0. The van der Waals surface area contributed by atoms with Gasteiger partial charge in [0.25, 0.3) is 0 Å². The maximum Gasteiger partial charge on any atom is 0.315 e. The Morgan fingerprint density at radius 1 is 1.50 bits per heavy atom. The van der Waals surface area contributed by atoms with Gasteiger partial charge in [-0.2, -0.15) is 11.8 Å². The predicted octanol–water partition coefficient (Wildman–Crippen LogP) is 1.80. The van der Waals surface area contributed by atoms with Crippen LogP contribution in [0, 0.1) is 0 Å². The standard InChI is InChI=1S/C10H21NO2S/c1-3-9(11)6-5-7-14-8-10(12)13-4-2/h9H,3-8,11H2,1-2H3. The molecule has 0 spiro atoms. The second-order valence-electron chi connectivity index (χ2n) is 3.17. The van der Waals surface area contributed by atoms with Crippen molar-refractivity contribution in [3.63, 3.8) is 0 Å². The van der Waals surface area contributed by atoms with Crippen LogP contribution in [0.2, 0.25) is 0 Å². The van der Waals surface area contributed by atoms with Crippen molar-refractivity contribution in [1.82, 2.24) is 0 Å². The average molecular weight is 219 g/mol. The van der Waals surface area contributed by atoms with Crippen LogP contribution in [0.1, 0.15) is 33.1 Å². The van der Waals surface area contributed by atoms with Crippen molar-refractivity contribution < 1.29 is 9.53 Å². The van der Waals surface area contributed by atoms with Gasteiger partial charge >= 0.3 is 5.97 Å². The van der Waals surface area contributed by atoms with Gasteiger partial charge in [-0.15, -0.1) is 0 Å². The van der Waals surface area contributed by atoms with Crippen LogP contribution in [0.3, 0.4) is 0 Å². The van der Waals surface area contributed by atoms with Crippen molar-refractivity contribution in [2.45, 2.75) is 39.2 Å². The Hall–Kier alpha value is -0.220. The summed E-state index contributed by atoms with van der Waals surface area (Å²) in [7, 11) is 0. The van der Waals surface area contributed by atoms with Crippen molar-refractivity contribution in [3.8, 4) is 0 Å². The van der Waals surface area contributed by atoms with E-state index >= 15 is 0 Å². The second-order valence-corrected chi connectivity index (χ2v) is 4.27. The second kappa shape index (κ2) is 9.34. The lowest BCUT2D eigenvalue weighted by atomic mass is 10.1. The molecule has 0 aromatic heterocycles. The number of esters is 1. The maximum absolute atomic E-state index is 10.9. The molecule has 1 unspecified atom stereocenters. The third kappa shape index (κ3) is 8.38. The molecule has 0 amide bonds. The Kier molecular flexibility index (Phi) is 9.19. The summed E-state index contributed by atoms with van der Waals surface area (Å²) in [4.78, 5) is 10.9. The highest BCUT2D eigenvalue weighted by Crippen LogP contribution is 2.07. The van der Waals surface area contributed by atoms with Gasteiger partial charge in [0.15, 0.2) is 0 Å². The first-order valence-corrected chi connectivity index (χ1v) is 6.35. The molecule has 84 valence electrons. The minimum absolute atomic E-state index is 0.114. The van der Waals surface area contributed by atoms with E-state index in [0.717, 1.165) is 25.0 Å². The summed E-state index contributed by atoms with van der Waals surface area (Å²) >= 11 is 1.62. The van der Waals surface area contributed by atoms with Crippen LogP contribution in [0.4, 0.5) is 0 Å². The van der Waals surface area contributed by atoms with Crippen molar-refractivity contribution in [2.75, 3.05) is 18.1 Å². The van der Waals surface area contributed by atoms with Gasteiger partial charge in [0.05, 0.1) is 12.4 Å². The van der Waals surface area contributed by atoms with E-state index < -0.39 is 0 Å². The third-order valence-corrected chi connectivity index (χ3v) is 2.93. The minimum Gasteiger partial charge on any atom is -0.465 e. The highest BCUT2D eigenvalue weighted by atomic mass is 32.2. The number of thioether (sulfide) groups is 1. The molecule has 14 heavy (non-hydrogen) atoms. The number of ether oxygens (including phenoxy) is 1. The molecule has 0 aliphatic carbocycles. The van der Waals surface area contributed by atoms with Crippen LogP contribution in [0.5, 0.6) is 0 Å². The molecule has 0 fully saturated rings. The van der Waals surface area contributed by atoms with E-state index in [1.807, 2.05) is 6.92 Å². The zero-order valence-corrected chi connectivity index (χ0v) is 9.94. The smallest absolute Gasteiger partial charge is 0.315 e. The van der Waals surface area contributed by atoms with Crippen molar-refractivity contribution in [2.24, 2.45) is 5.73 Å². The fraction of sp³-hybridized carbons (Fsp3) is 0.900. The zero-order valence-electron chi connectivity index (χ0n) is 9.12. The van der Waals surface area contributed by atoms with E-state index in [0.29, 0.717) is 18.4 Å². The van der Waals surface area contributed by atoms with E-state index in [9.17, 15) is 4.79 Å². The SMILES string of the molecule is CCOC(=O)CSCCCC(N)CC. The van der Waals surface area contributed by atoms with Crippen LogP contribution in [0.15, 0.2) is 0 Å². The Morgan fingerprint density at radius 3 is 2.79 bits per heavy atom. The van der Waals surface area contributed by atoms with Gasteiger partial charge < -0.3 is 10.5 Å². The number of carbonyl (C=O) groups is 1. The molecule has 0 aliphatic heterocycles. The predicted molar refractivity (Wildman–Crippen MR) is 61.5 cm³/mol. The zero-order chi connectivity index (χ0) is 10.8. The Balaban J connectivity index is 3.17. The topological polar surface area (TPSA) is 52.3 Å². The van der Waals surface area contributed by atoms with Crippen molar-refractivity contribution in [3.05, 3.63) is 0 Å². The van der Waals surface area contributed by atoms with Gasteiger partial charge in [-0.05, 0) is 31.9 Å². The maximum atomic E-state index is 10.9. The molecular weight excluding hydrogens is 198 g/mol. The highest BCUT2D eigenvalue weighted by Gasteiger charge is 2.02. The van der Waals surface area contributed by atoms with E-state index in [-0.39, 0.29) is 5.97 Å². The summed E-state index contributed by atoms with van der Waals surface area (Å²) in [6.07, 6.45) is 3.16. The van der Waals surface area contributed by atoms with Crippen molar-refractivity contribution >= 4 is 17.7 Å². The lowest BCUT2D eigenvalue weighted by Crippen LogP contribution is -2.18. The molecule has 0 saturated heterocycles. The van der Waals surface area contributed by atoms with Crippen LogP contribution in [-0.4, -0.2) is 30.1 Å². The van der Waals surface area contributed by atoms with Gasteiger partial charge in [-0.3, -0.25) is 4.79 Å². The molecule has 1 atom stereocenters. The lowest BCUT2D eigenvalue weighted by Gasteiger charge is -2.07. The van der Waals surface area contributed by atoms with E-state index in [1.54, 1.807) is 11.8 Å². The fourth-order valence-electron chi connectivity index (χ4n) is 1.01. The third-order valence-electron chi connectivity index (χ3n) is 1.91. The molecule has 0 aliphatic rings. The first-order chi connectivity index (χ1) is 6.70. The number of rotatable bonds is 8. The first-order valence-electron chi connectivity index (χ1n) is 5.19. The fourth-order valence-corrected chi connectivity index (χ4v) is 1.77. The van der Waals surface area contributed by atoms with E-state index in [2.05, 4.69) is 6.92 Å². The van der Waals surface area contributed by atoms with Gasteiger partial charge in [-0.25, -0.2) is 0 Å². The largest absolute Gasteiger partial charge is 0.465 e. The molecule has 3 nitrogen and oxygen atoms in total. The number of hydrogen-bond acceptors (Lipinski definition) is 4. The minimum atomic E-state index is -0.114. The molecule has 2 N–H and O–H groups in total. The van der Waals surface area contributed by atoms with Crippen LogP contribution in [-0.2, 0) is 9.53 Å². The van der Waals surface area contributed by atoms with Gasteiger partial charge in [0, 0.05) is 6.04 Å². The molecule has 0 aromatic rings. The van der Waals surface area contributed by atoms with Crippen LogP contribution < -0.4 is 5.73 Å². The quantitative estimate of drug-likeness (QED) is 0.499. The van der Waals surface area contributed by atoms with Crippen LogP contribution in [0.25, 0.3) is 0 Å². The lowest BCUT2D eigenvalue weighted by molar-refractivity contribution is -0.139. The summed E-state index contributed by atoms with van der Waals surface area (Å²) in [5.74, 6) is 1.35. The molecule has 0 rings (SSSR count). The Bertz CT molecular complexity index is 153. The normalized spacial score (nSPS) is 12.5. The van der Waals surface area contributed by atoms with E-state index in [1.165, 1.54) is 0 Å². The van der Waals surface area contributed by atoms with Gasteiger partial charge in [0.2, 0.25) is 0 Å². The molecule has 4 heteroatoms. The Labute approximate surface area is 90.8 Å². The number of hydrogen-bond donors (Lipinski definition) is 1. The average Bonchev–Trinajstić information content (AvgIpc) is 2.17. The Morgan fingerprint density at radius 2 is 2.21 bits per heavy atom. The van der Waals surface area contributed by atoms with Gasteiger partial charge in [0.1, 0.15) is 0 Å².